The molecule has 2 nitrogen and oxygen atoms in total. The third-order valence-electron chi connectivity index (χ3n) is 1.55. The molecule has 0 unspecified atom stereocenters. The van der Waals surface area contributed by atoms with Crippen molar-refractivity contribution in [1.82, 2.24) is 0 Å². The highest BCUT2D eigenvalue weighted by Gasteiger charge is 2.27. The van der Waals surface area contributed by atoms with Crippen molar-refractivity contribution in [2.24, 2.45) is 0 Å². The van der Waals surface area contributed by atoms with Gasteiger partial charge in [-0.05, 0) is 26.2 Å². The Morgan fingerprint density at radius 2 is 1.67 bits per heavy atom. The van der Waals surface area contributed by atoms with E-state index in [1.54, 1.807) is 0 Å². The van der Waals surface area contributed by atoms with Crippen LogP contribution in [0.1, 0.15) is 33.6 Å². The van der Waals surface area contributed by atoms with Crippen LogP contribution < -0.4 is 0 Å². The maximum Gasteiger partial charge on any atom is 0.233 e. The Hall–Kier alpha value is -0.520. The monoisotopic (exact) mass is 170 g/mol. The molecule has 0 bridgehead atoms. The molecule has 0 aromatic heterocycles. The van der Waals surface area contributed by atoms with Gasteiger partial charge in [-0.2, -0.15) is 0 Å². The second-order valence-corrected chi connectivity index (χ2v) is 2.51. The molecule has 0 saturated carbocycles. The molecule has 0 saturated heterocycles. The number of terminal acetylenes is 1. The van der Waals surface area contributed by atoms with Crippen molar-refractivity contribution < 1.29 is 9.47 Å². The molecule has 70 valence electrons. The van der Waals surface area contributed by atoms with Gasteiger partial charge in [-0.15, -0.1) is 6.42 Å². The smallest absolute Gasteiger partial charge is 0.233 e. The van der Waals surface area contributed by atoms with Gasteiger partial charge in [-0.1, -0.05) is 6.92 Å². The lowest BCUT2D eigenvalue weighted by atomic mass is 10.1. The fourth-order valence-electron chi connectivity index (χ4n) is 1.14. The zero-order valence-electron chi connectivity index (χ0n) is 8.22. The first kappa shape index (κ1) is 11.5. The molecule has 0 spiro atoms. The van der Waals surface area contributed by atoms with E-state index in [-0.39, 0.29) is 0 Å². The van der Waals surface area contributed by atoms with Crippen molar-refractivity contribution >= 4 is 0 Å². The van der Waals surface area contributed by atoms with Crippen molar-refractivity contribution in [3.63, 3.8) is 0 Å². The van der Waals surface area contributed by atoms with Crippen LogP contribution in [0.25, 0.3) is 0 Å². The van der Waals surface area contributed by atoms with Gasteiger partial charge in [-0.25, -0.2) is 0 Å². The van der Waals surface area contributed by atoms with E-state index in [0.29, 0.717) is 13.2 Å². The fraction of sp³-hybridized carbons (Fsp3) is 0.800. The molecule has 0 heterocycles. The second-order valence-electron chi connectivity index (χ2n) is 2.51. The molecular formula is C10H18O2. The van der Waals surface area contributed by atoms with Gasteiger partial charge >= 0.3 is 0 Å². The van der Waals surface area contributed by atoms with Crippen LogP contribution in [0.15, 0.2) is 0 Å². The van der Waals surface area contributed by atoms with Crippen LogP contribution in [-0.2, 0) is 9.47 Å². The van der Waals surface area contributed by atoms with Gasteiger partial charge < -0.3 is 9.47 Å². The normalized spacial score (nSPS) is 11.2. The highest BCUT2D eigenvalue weighted by molar-refractivity contribution is 5.02. The lowest BCUT2D eigenvalue weighted by Gasteiger charge is -2.27. The maximum absolute atomic E-state index is 5.40. The number of hydrogen-bond donors (Lipinski definition) is 0. The second kappa shape index (κ2) is 6.05. The van der Waals surface area contributed by atoms with Crippen molar-refractivity contribution in [1.29, 1.82) is 0 Å². The molecule has 2 heteroatoms. The fourth-order valence-corrected chi connectivity index (χ4v) is 1.14. The third-order valence-corrected chi connectivity index (χ3v) is 1.55. The zero-order chi connectivity index (χ0) is 9.45. The van der Waals surface area contributed by atoms with Crippen molar-refractivity contribution in [2.45, 2.75) is 39.4 Å². The molecule has 0 amide bonds. The van der Waals surface area contributed by atoms with Crippen molar-refractivity contribution in [2.75, 3.05) is 13.2 Å². The highest BCUT2D eigenvalue weighted by Crippen LogP contribution is 2.18. The van der Waals surface area contributed by atoms with Crippen LogP contribution in [0, 0.1) is 12.3 Å². The summed E-state index contributed by atoms with van der Waals surface area (Å²) in [4.78, 5) is 0. The van der Waals surface area contributed by atoms with Gasteiger partial charge in [0.2, 0.25) is 5.79 Å². The molecule has 0 atom stereocenters. The highest BCUT2D eigenvalue weighted by atomic mass is 16.7. The van der Waals surface area contributed by atoms with Crippen LogP contribution in [0.3, 0.4) is 0 Å². The summed E-state index contributed by atoms with van der Waals surface area (Å²) in [7, 11) is 0. The Morgan fingerprint density at radius 1 is 1.17 bits per heavy atom. The minimum Gasteiger partial charge on any atom is -0.340 e. The summed E-state index contributed by atoms with van der Waals surface area (Å²) in [5, 5.41) is 0. The SMILES string of the molecule is C#CC(CCC)(OCC)OCC. The van der Waals surface area contributed by atoms with E-state index >= 15 is 0 Å². The molecular weight excluding hydrogens is 152 g/mol. The molecule has 0 fully saturated rings. The number of ether oxygens (including phenoxy) is 2. The van der Waals surface area contributed by atoms with Crippen LogP contribution in [0.2, 0.25) is 0 Å². The van der Waals surface area contributed by atoms with Crippen LogP contribution in [0.4, 0.5) is 0 Å². The lowest BCUT2D eigenvalue weighted by molar-refractivity contribution is -0.195. The van der Waals surface area contributed by atoms with E-state index in [1.807, 2.05) is 13.8 Å². The van der Waals surface area contributed by atoms with E-state index in [0.717, 1.165) is 12.8 Å². The predicted molar refractivity (Wildman–Crippen MR) is 49.7 cm³/mol. The summed E-state index contributed by atoms with van der Waals surface area (Å²) < 4.78 is 10.8. The number of rotatable bonds is 6. The molecule has 0 radical (unpaired) electrons. The van der Waals surface area contributed by atoms with Crippen molar-refractivity contribution in [3.8, 4) is 12.3 Å². The Balaban J connectivity index is 4.19. The molecule has 0 aliphatic carbocycles. The first-order valence-corrected chi connectivity index (χ1v) is 4.50. The predicted octanol–water partition coefficient (Wildman–Crippen LogP) is 2.19. The van der Waals surface area contributed by atoms with E-state index in [1.165, 1.54) is 0 Å². The van der Waals surface area contributed by atoms with Crippen LogP contribution in [-0.4, -0.2) is 19.0 Å². The van der Waals surface area contributed by atoms with Crippen LogP contribution >= 0.6 is 0 Å². The van der Waals surface area contributed by atoms with Gasteiger partial charge in [0.05, 0.1) is 0 Å². The first-order valence-electron chi connectivity index (χ1n) is 4.50. The third kappa shape index (κ3) is 3.25. The summed E-state index contributed by atoms with van der Waals surface area (Å²) in [6.07, 6.45) is 7.08. The largest absolute Gasteiger partial charge is 0.340 e. The molecule has 0 aromatic rings. The maximum atomic E-state index is 5.40. The average molecular weight is 170 g/mol. The molecule has 0 rings (SSSR count). The summed E-state index contributed by atoms with van der Waals surface area (Å²) in [6.45, 7) is 7.07. The Bertz CT molecular complexity index is 129. The van der Waals surface area contributed by atoms with E-state index in [4.69, 9.17) is 15.9 Å². The topological polar surface area (TPSA) is 18.5 Å². The van der Waals surface area contributed by atoms with Gasteiger partial charge in [0.15, 0.2) is 0 Å². The van der Waals surface area contributed by atoms with Gasteiger partial charge in [-0.3, -0.25) is 0 Å². The summed E-state index contributed by atoms with van der Waals surface area (Å²) in [5.41, 5.74) is 0. The quantitative estimate of drug-likeness (QED) is 0.449. The summed E-state index contributed by atoms with van der Waals surface area (Å²) in [5.74, 6) is 1.79. The number of hydrogen-bond acceptors (Lipinski definition) is 2. The summed E-state index contributed by atoms with van der Waals surface area (Å²) >= 11 is 0. The minimum absolute atomic E-state index is 0.587. The van der Waals surface area contributed by atoms with Crippen LogP contribution in [0.5, 0.6) is 0 Å². The Kier molecular flexibility index (Phi) is 5.79. The standard InChI is InChI=1S/C10H18O2/c1-5-9-10(6-2,11-7-3)12-8-4/h2H,5,7-9H2,1,3-4H3. The lowest BCUT2D eigenvalue weighted by Crippen LogP contribution is -2.34. The molecule has 0 aliphatic heterocycles. The van der Waals surface area contributed by atoms with Crippen molar-refractivity contribution in [3.05, 3.63) is 0 Å². The Labute approximate surface area is 75.3 Å². The zero-order valence-corrected chi connectivity index (χ0v) is 8.22. The van der Waals surface area contributed by atoms with E-state index < -0.39 is 5.79 Å². The van der Waals surface area contributed by atoms with E-state index in [2.05, 4.69) is 12.8 Å². The van der Waals surface area contributed by atoms with Gasteiger partial charge in [0, 0.05) is 19.6 Å². The molecule has 0 aliphatic rings. The first-order chi connectivity index (χ1) is 5.74. The summed E-state index contributed by atoms with van der Waals surface area (Å²) in [6, 6.07) is 0. The van der Waals surface area contributed by atoms with Gasteiger partial charge in [0.1, 0.15) is 0 Å². The van der Waals surface area contributed by atoms with E-state index in [9.17, 15) is 0 Å². The van der Waals surface area contributed by atoms with Gasteiger partial charge in [0.25, 0.3) is 0 Å². The average Bonchev–Trinajstić information content (AvgIpc) is 2.06. The molecule has 0 N–H and O–H groups in total. The Morgan fingerprint density at radius 3 is 1.92 bits per heavy atom. The molecule has 0 aromatic carbocycles. The minimum atomic E-state index is -0.780. The molecule has 12 heavy (non-hydrogen) atoms.